The Morgan fingerprint density at radius 3 is 1.88 bits per heavy atom. The number of carbonyl (C=O) groups excluding carboxylic acids is 3. The highest BCUT2D eigenvalue weighted by Gasteiger charge is 2.57. The molecule has 0 unspecified atom stereocenters. The van der Waals surface area contributed by atoms with Gasteiger partial charge in [0.2, 0.25) is 0 Å². The largest absolute Gasteiger partial charge is 0.460 e. The van der Waals surface area contributed by atoms with Crippen LogP contribution in [0, 0.1) is 11.8 Å². The van der Waals surface area contributed by atoms with E-state index in [0.717, 1.165) is 5.56 Å². The molecule has 1 aliphatic carbocycles. The van der Waals surface area contributed by atoms with Gasteiger partial charge in [-0.1, -0.05) is 38.1 Å². The molecule has 32 heavy (non-hydrogen) atoms. The molecule has 0 bridgehead atoms. The molecular formula is C26H38O6. The topological polar surface area (TPSA) is 89.9 Å². The minimum absolute atomic E-state index is 0.295. The molecule has 1 fully saturated rings. The van der Waals surface area contributed by atoms with Gasteiger partial charge in [0.1, 0.15) is 17.1 Å². The molecule has 1 aliphatic rings. The monoisotopic (exact) mass is 446 g/mol. The Hall–Kier alpha value is -2.21. The van der Waals surface area contributed by atoms with Crippen LogP contribution in [0.15, 0.2) is 24.3 Å². The molecule has 1 saturated carbocycles. The van der Waals surface area contributed by atoms with Gasteiger partial charge in [-0.3, -0.25) is 14.4 Å². The molecule has 6 nitrogen and oxygen atoms in total. The van der Waals surface area contributed by atoms with E-state index in [1.165, 1.54) is 6.92 Å². The fourth-order valence-electron chi connectivity index (χ4n) is 4.25. The van der Waals surface area contributed by atoms with E-state index in [1.807, 2.05) is 24.3 Å². The summed E-state index contributed by atoms with van der Waals surface area (Å²) in [5, 5.41) is 11.2. The molecule has 0 spiro atoms. The van der Waals surface area contributed by atoms with Crippen LogP contribution >= 0.6 is 0 Å². The normalized spacial score (nSPS) is 26.7. The summed E-state index contributed by atoms with van der Waals surface area (Å²) in [6.07, 6.45) is -0.332. The Morgan fingerprint density at radius 2 is 1.44 bits per heavy atom. The summed E-state index contributed by atoms with van der Waals surface area (Å²) in [7, 11) is 0. The third-order valence-corrected chi connectivity index (χ3v) is 5.58. The lowest BCUT2D eigenvalue weighted by atomic mass is 9.61. The number of ether oxygens (including phenoxy) is 2. The number of rotatable bonds is 4. The highest BCUT2D eigenvalue weighted by Crippen LogP contribution is 2.47. The maximum absolute atomic E-state index is 13.3. The Morgan fingerprint density at radius 1 is 0.969 bits per heavy atom. The van der Waals surface area contributed by atoms with Gasteiger partial charge in [-0.15, -0.1) is 0 Å². The van der Waals surface area contributed by atoms with Crippen molar-refractivity contribution in [3.63, 3.8) is 0 Å². The average Bonchev–Trinajstić information content (AvgIpc) is 2.56. The molecule has 1 aromatic carbocycles. The predicted molar refractivity (Wildman–Crippen MR) is 122 cm³/mol. The number of hydrogen-bond acceptors (Lipinski definition) is 6. The number of ketones is 1. The van der Waals surface area contributed by atoms with E-state index < -0.39 is 52.3 Å². The first kappa shape index (κ1) is 26.0. The summed E-state index contributed by atoms with van der Waals surface area (Å²) in [5.74, 6) is -4.70. The van der Waals surface area contributed by atoms with E-state index in [4.69, 9.17) is 9.47 Å². The number of esters is 2. The van der Waals surface area contributed by atoms with Gasteiger partial charge in [-0.05, 0) is 65.5 Å². The molecule has 0 aromatic heterocycles. The number of benzene rings is 1. The summed E-state index contributed by atoms with van der Waals surface area (Å²) < 4.78 is 11.2. The van der Waals surface area contributed by atoms with E-state index in [2.05, 4.69) is 13.8 Å². The molecule has 6 heteroatoms. The van der Waals surface area contributed by atoms with Gasteiger partial charge in [0.15, 0.2) is 5.78 Å². The van der Waals surface area contributed by atoms with Crippen molar-refractivity contribution in [2.24, 2.45) is 11.8 Å². The molecule has 0 saturated heterocycles. The van der Waals surface area contributed by atoms with E-state index in [9.17, 15) is 19.5 Å². The first-order chi connectivity index (χ1) is 14.4. The van der Waals surface area contributed by atoms with Crippen LogP contribution in [0.3, 0.4) is 0 Å². The molecule has 0 amide bonds. The highest BCUT2D eigenvalue weighted by atomic mass is 16.6. The zero-order chi connectivity index (χ0) is 24.6. The van der Waals surface area contributed by atoms with E-state index in [0.29, 0.717) is 11.5 Å². The molecule has 178 valence electrons. The summed E-state index contributed by atoms with van der Waals surface area (Å²) in [5.41, 5.74) is -1.55. The Kier molecular flexibility index (Phi) is 7.30. The zero-order valence-corrected chi connectivity index (χ0v) is 20.8. The standard InChI is InChI=1S/C26H38O6/c1-15(2)16-10-12-17(13-11-16)19-20(22(28)31-24(3,4)5)18(27)14-26(9,30)21(19)23(29)32-25(6,7)8/h10-13,15,19-21,30H,14H2,1-9H3/t19-,20-,21+,26+/m1/s1. The van der Waals surface area contributed by atoms with Crippen LogP contribution in [-0.2, 0) is 23.9 Å². The third-order valence-electron chi connectivity index (χ3n) is 5.58. The van der Waals surface area contributed by atoms with Crippen LogP contribution in [-0.4, -0.2) is 39.6 Å². The van der Waals surface area contributed by atoms with Crippen LogP contribution < -0.4 is 0 Å². The lowest BCUT2D eigenvalue weighted by Gasteiger charge is -2.44. The quantitative estimate of drug-likeness (QED) is 0.540. The minimum atomic E-state index is -1.67. The van der Waals surface area contributed by atoms with Gasteiger partial charge in [0.05, 0.1) is 11.5 Å². The molecule has 0 heterocycles. The first-order valence-electron chi connectivity index (χ1n) is 11.2. The van der Waals surface area contributed by atoms with Gasteiger partial charge < -0.3 is 14.6 Å². The maximum Gasteiger partial charge on any atom is 0.317 e. The summed E-state index contributed by atoms with van der Waals surface area (Å²) in [6, 6.07) is 7.49. The van der Waals surface area contributed by atoms with Crippen LogP contribution in [0.2, 0.25) is 0 Å². The lowest BCUT2D eigenvalue weighted by molar-refractivity contribution is -0.182. The van der Waals surface area contributed by atoms with Crippen LogP contribution in [0.4, 0.5) is 0 Å². The second kappa shape index (κ2) is 8.97. The van der Waals surface area contributed by atoms with Crippen molar-refractivity contribution in [2.45, 2.75) is 97.4 Å². The Labute approximate surface area is 191 Å². The van der Waals surface area contributed by atoms with E-state index in [-0.39, 0.29) is 6.42 Å². The predicted octanol–water partition coefficient (Wildman–Crippen LogP) is 4.53. The van der Waals surface area contributed by atoms with E-state index >= 15 is 0 Å². The molecule has 4 atom stereocenters. The number of hydrogen-bond donors (Lipinski definition) is 1. The Bertz CT molecular complexity index is 852. The van der Waals surface area contributed by atoms with Crippen molar-refractivity contribution in [3.8, 4) is 0 Å². The third kappa shape index (κ3) is 6.18. The van der Waals surface area contributed by atoms with Crippen molar-refractivity contribution in [1.82, 2.24) is 0 Å². The minimum Gasteiger partial charge on any atom is -0.460 e. The smallest absolute Gasteiger partial charge is 0.317 e. The van der Waals surface area contributed by atoms with Crippen molar-refractivity contribution < 1.29 is 29.0 Å². The number of aliphatic hydroxyl groups is 1. The number of Topliss-reactive ketones (excluding diaryl/α,β-unsaturated/α-hetero) is 1. The first-order valence-corrected chi connectivity index (χ1v) is 11.2. The molecular weight excluding hydrogens is 408 g/mol. The van der Waals surface area contributed by atoms with Crippen molar-refractivity contribution in [2.75, 3.05) is 0 Å². The van der Waals surface area contributed by atoms with Gasteiger partial charge in [-0.2, -0.15) is 0 Å². The van der Waals surface area contributed by atoms with Crippen LogP contribution in [0.25, 0.3) is 0 Å². The zero-order valence-electron chi connectivity index (χ0n) is 20.8. The fourth-order valence-corrected chi connectivity index (χ4v) is 4.25. The molecule has 1 aromatic rings. The second-order valence-corrected chi connectivity index (χ2v) is 11.4. The van der Waals surface area contributed by atoms with Crippen molar-refractivity contribution in [1.29, 1.82) is 0 Å². The molecule has 2 rings (SSSR count). The van der Waals surface area contributed by atoms with Crippen LogP contribution in [0.5, 0.6) is 0 Å². The number of carbonyl (C=O) groups is 3. The van der Waals surface area contributed by atoms with Gasteiger partial charge >= 0.3 is 11.9 Å². The van der Waals surface area contributed by atoms with Gasteiger partial charge in [-0.25, -0.2) is 0 Å². The van der Waals surface area contributed by atoms with Crippen LogP contribution in [0.1, 0.15) is 91.7 Å². The highest BCUT2D eigenvalue weighted by molar-refractivity contribution is 6.03. The van der Waals surface area contributed by atoms with Crippen molar-refractivity contribution in [3.05, 3.63) is 35.4 Å². The molecule has 0 aliphatic heterocycles. The average molecular weight is 447 g/mol. The SMILES string of the molecule is CC(C)c1ccc([C@@H]2[C@H](C(=O)OC(C)(C)C)C(=O)C[C@](C)(O)[C@@H]2C(=O)OC(C)(C)C)cc1. The lowest BCUT2D eigenvalue weighted by Crippen LogP contribution is -2.56. The summed E-state index contributed by atoms with van der Waals surface area (Å²) >= 11 is 0. The Balaban J connectivity index is 2.64. The summed E-state index contributed by atoms with van der Waals surface area (Å²) in [6.45, 7) is 16.0. The maximum atomic E-state index is 13.3. The van der Waals surface area contributed by atoms with Crippen molar-refractivity contribution >= 4 is 17.7 Å². The van der Waals surface area contributed by atoms with E-state index in [1.54, 1.807) is 41.5 Å². The van der Waals surface area contributed by atoms with Gasteiger partial charge in [0.25, 0.3) is 0 Å². The fraction of sp³-hybridized carbons (Fsp3) is 0.654. The second-order valence-electron chi connectivity index (χ2n) is 11.4. The summed E-state index contributed by atoms with van der Waals surface area (Å²) in [4.78, 5) is 39.6. The molecule has 0 radical (unpaired) electrons. The molecule has 1 N–H and O–H groups in total. The van der Waals surface area contributed by atoms with Gasteiger partial charge in [0, 0.05) is 12.3 Å².